The standard InChI is InChI=1S/C12H16ClFN2/c1-7-3-8(7)6-16(2)12-4-9(13)10(14)5-11(12)15/h4-5,7-8H,3,6,15H2,1-2H3. The maximum atomic E-state index is 13.1. The Morgan fingerprint density at radius 1 is 1.56 bits per heavy atom. The highest BCUT2D eigenvalue weighted by Gasteiger charge is 2.33. The van der Waals surface area contributed by atoms with Gasteiger partial charge in [-0.25, -0.2) is 4.39 Å². The summed E-state index contributed by atoms with van der Waals surface area (Å²) in [6.07, 6.45) is 1.26. The first-order valence-electron chi connectivity index (χ1n) is 5.44. The van der Waals surface area contributed by atoms with E-state index in [1.165, 1.54) is 12.5 Å². The lowest BCUT2D eigenvalue weighted by Crippen LogP contribution is -2.21. The van der Waals surface area contributed by atoms with E-state index in [0.29, 0.717) is 5.69 Å². The third-order valence-corrected chi connectivity index (χ3v) is 3.55. The summed E-state index contributed by atoms with van der Waals surface area (Å²) >= 11 is 5.75. The van der Waals surface area contributed by atoms with Gasteiger partial charge in [0.2, 0.25) is 0 Å². The fourth-order valence-corrected chi connectivity index (χ4v) is 2.14. The van der Waals surface area contributed by atoms with Gasteiger partial charge in [-0.15, -0.1) is 0 Å². The van der Waals surface area contributed by atoms with Gasteiger partial charge in [0, 0.05) is 19.7 Å². The van der Waals surface area contributed by atoms with Gasteiger partial charge in [-0.05, 0) is 24.3 Å². The monoisotopic (exact) mass is 242 g/mol. The van der Waals surface area contributed by atoms with Gasteiger partial charge in [-0.2, -0.15) is 0 Å². The van der Waals surface area contributed by atoms with Crippen LogP contribution in [0.2, 0.25) is 5.02 Å². The van der Waals surface area contributed by atoms with Gasteiger partial charge < -0.3 is 10.6 Å². The highest BCUT2D eigenvalue weighted by Crippen LogP contribution is 2.39. The Kier molecular flexibility index (Phi) is 2.98. The van der Waals surface area contributed by atoms with Crippen LogP contribution < -0.4 is 10.6 Å². The molecule has 1 aliphatic carbocycles. The van der Waals surface area contributed by atoms with Crippen LogP contribution in [0.15, 0.2) is 12.1 Å². The summed E-state index contributed by atoms with van der Waals surface area (Å²) in [5, 5.41) is 0.125. The van der Waals surface area contributed by atoms with Gasteiger partial charge in [-0.1, -0.05) is 18.5 Å². The van der Waals surface area contributed by atoms with Crippen LogP contribution >= 0.6 is 11.6 Å². The zero-order valence-electron chi connectivity index (χ0n) is 9.50. The summed E-state index contributed by atoms with van der Waals surface area (Å²) in [6.45, 7) is 3.19. The maximum Gasteiger partial charge on any atom is 0.143 e. The Morgan fingerprint density at radius 3 is 2.75 bits per heavy atom. The van der Waals surface area contributed by atoms with Crippen molar-refractivity contribution in [2.24, 2.45) is 11.8 Å². The topological polar surface area (TPSA) is 29.3 Å². The molecule has 0 radical (unpaired) electrons. The molecule has 0 saturated heterocycles. The molecular weight excluding hydrogens is 227 g/mol. The van der Waals surface area contributed by atoms with Crippen molar-refractivity contribution >= 4 is 23.0 Å². The van der Waals surface area contributed by atoms with Crippen molar-refractivity contribution in [3.05, 3.63) is 23.0 Å². The second-order valence-corrected chi connectivity index (χ2v) is 5.09. The number of anilines is 2. The molecule has 0 aliphatic heterocycles. The van der Waals surface area contributed by atoms with E-state index in [-0.39, 0.29) is 5.02 Å². The summed E-state index contributed by atoms with van der Waals surface area (Å²) in [5.41, 5.74) is 7.03. The molecule has 1 fully saturated rings. The van der Waals surface area contributed by atoms with Crippen LogP contribution in [0.1, 0.15) is 13.3 Å². The van der Waals surface area contributed by atoms with Crippen molar-refractivity contribution in [1.82, 2.24) is 0 Å². The molecule has 0 aromatic heterocycles. The summed E-state index contributed by atoms with van der Waals surface area (Å²) in [6, 6.07) is 2.88. The van der Waals surface area contributed by atoms with Gasteiger partial charge in [0.1, 0.15) is 5.82 Å². The number of nitrogens with two attached hydrogens (primary N) is 1. The van der Waals surface area contributed by atoms with Crippen LogP contribution in [0.5, 0.6) is 0 Å². The predicted molar refractivity (Wildman–Crippen MR) is 66.4 cm³/mol. The van der Waals surface area contributed by atoms with Crippen LogP contribution in [-0.2, 0) is 0 Å². The normalized spacial score (nSPS) is 23.2. The Balaban J connectivity index is 2.15. The third-order valence-electron chi connectivity index (χ3n) is 3.27. The molecule has 2 atom stereocenters. The second-order valence-electron chi connectivity index (χ2n) is 4.68. The average molecular weight is 243 g/mol. The first-order chi connectivity index (χ1) is 7.49. The van der Waals surface area contributed by atoms with Gasteiger partial charge in [-0.3, -0.25) is 0 Å². The van der Waals surface area contributed by atoms with E-state index < -0.39 is 5.82 Å². The maximum absolute atomic E-state index is 13.1. The van der Waals surface area contributed by atoms with Gasteiger partial charge in [0.15, 0.2) is 0 Å². The lowest BCUT2D eigenvalue weighted by molar-refractivity contribution is 0.628. The minimum absolute atomic E-state index is 0.125. The molecule has 0 amide bonds. The fraction of sp³-hybridized carbons (Fsp3) is 0.500. The van der Waals surface area contributed by atoms with Crippen LogP contribution in [0.3, 0.4) is 0 Å². The van der Waals surface area contributed by atoms with Crippen molar-refractivity contribution in [2.75, 3.05) is 24.2 Å². The van der Waals surface area contributed by atoms with E-state index in [0.717, 1.165) is 24.1 Å². The quantitative estimate of drug-likeness (QED) is 0.825. The van der Waals surface area contributed by atoms with E-state index in [4.69, 9.17) is 17.3 Å². The molecule has 1 aromatic rings. The Morgan fingerprint density at radius 2 is 2.19 bits per heavy atom. The van der Waals surface area contributed by atoms with E-state index in [9.17, 15) is 4.39 Å². The zero-order chi connectivity index (χ0) is 11.9. The molecule has 1 aliphatic rings. The zero-order valence-corrected chi connectivity index (χ0v) is 10.3. The molecule has 88 valence electrons. The van der Waals surface area contributed by atoms with E-state index in [2.05, 4.69) is 11.8 Å². The first-order valence-corrected chi connectivity index (χ1v) is 5.82. The smallest absolute Gasteiger partial charge is 0.143 e. The number of rotatable bonds is 3. The number of nitrogen functional groups attached to an aromatic ring is 1. The minimum atomic E-state index is -0.462. The van der Waals surface area contributed by atoms with Crippen molar-refractivity contribution in [3.63, 3.8) is 0 Å². The van der Waals surface area contributed by atoms with Crippen LogP contribution in [0.4, 0.5) is 15.8 Å². The molecule has 1 saturated carbocycles. The number of nitrogens with zero attached hydrogens (tertiary/aromatic N) is 1. The molecule has 16 heavy (non-hydrogen) atoms. The molecule has 2 N–H and O–H groups in total. The van der Waals surface area contributed by atoms with Crippen molar-refractivity contribution in [1.29, 1.82) is 0 Å². The predicted octanol–water partition coefficient (Wildman–Crippen LogP) is 3.15. The van der Waals surface area contributed by atoms with Crippen LogP contribution in [0, 0.1) is 17.7 Å². The number of hydrogen-bond donors (Lipinski definition) is 1. The molecular formula is C12H16ClFN2. The first kappa shape index (κ1) is 11.5. The SMILES string of the molecule is CC1CC1CN(C)c1cc(Cl)c(F)cc1N. The lowest BCUT2D eigenvalue weighted by Gasteiger charge is -2.21. The minimum Gasteiger partial charge on any atom is -0.397 e. The fourth-order valence-electron chi connectivity index (χ4n) is 1.99. The van der Waals surface area contributed by atoms with Gasteiger partial charge in [0.25, 0.3) is 0 Å². The van der Waals surface area contributed by atoms with E-state index in [1.54, 1.807) is 6.07 Å². The van der Waals surface area contributed by atoms with Crippen LogP contribution in [-0.4, -0.2) is 13.6 Å². The van der Waals surface area contributed by atoms with Crippen molar-refractivity contribution in [3.8, 4) is 0 Å². The molecule has 0 spiro atoms. The van der Waals surface area contributed by atoms with Gasteiger partial charge in [0.05, 0.1) is 16.4 Å². The largest absolute Gasteiger partial charge is 0.397 e. The van der Waals surface area contributed by atoms with E-state index in [1.807, 2.05) is 7.05 Å². The number of halogens is 2. The molecule has 2 unspecified atom stereocenters. The molecule has 4 heteroatoms. The molecule has 2 nitrogen and oxygen atoms in total. The molecule has 0 heterocycles. The summed E-state index contributed by atoms with van der Waals surface area (Å²) in [7, 11) is 1.96. The molecule has 1 aromatic carbocycles. The Hall–Kier alpha value is -0.960. The lowest BCUT2D eigenvalue weighted by atomic mass is 10.2. The summed E-state index contributed by atoms with van der Waals surface area (Å²) in [4.78, 5) is 2.05. The van der Waals surface area contributed by atoms with Crippen molar-refractivity contribution < 1.29 is 4.39 Å². The third kappa shape index (κ3) is 2.24. The van der Waals surface area contributed by atoms with E-state index >= 15 is 0 Å². The molecule has 0 bridgehead atoms. The van der Waals surface area contributed by atoms with Crippen molar-refractivity contribution in [2.45, 2.75) is 13.3 Å². The second kappa shape index (κ2) is 4.13. The number of benzene rings is 1. The Labute approximate surface area is 100 Å². The van der Waals surface area contributed by atoms with Gasteiger partial charge >= 0.3 is 0 Å². The highest BCUT2D eigenvalue weighted by atomic mass is 35.5. The molecule has 2 rings (SSSR count). The Bertz CT molecular complexity index is 408. The highest BCUT2D eigenvalue weighted by molar-refractivity contribution is 6.31. The summed E-state index contributed by atoms with van der Waals surface area (Å²) in [5.74, 6) is 1.06. The van der Waals surface area contributed by atoms with Crippen LogP contribution in [0.25, 0.3) is 0 Å². The average Bonchev–Trinajstić information content (AvgIpc) is 2.87. The summed E-state index contributed by atoms with van der Waals surface area (Å²) < 4.78 is 13.1. The number of hydrogen-bond acceptors (Lipinski definition) is 2.